The van der Waals surface area contributed by atoms with Crippen LogP contribution in [0.5, 0.6) is 0 Å². The van der Waals surface area contributed by atoms with E-state index in [2.05, 4.69) is 0 Å². The Balaban J connectivity index is 2.43. The maximum Gasteiger partial charge on any atom is 0.163 e. The number of hydrogen-bond donors (Lipinski definition) is 0. The lowest BCUT2D eigenvalue weighted by Gasteiger charge is -2.26. The summed E-state index contributed by atoms with van der Waals surface area (Å²) in [6.07, 6.45) is 9.92. The predicted molar refractivity (Wildman–Crippen MR) is 77.3 cm³/mol. The van der Waals surface area contributed by atoms with Crippen LogP contribution in [0.2, 0.25) is 0 Å². The summed E-state index contributed by atoms with van der Waals surface area (Å²) in [4.78, 5) is 0. The molecule has 0 saturated heterocycles. The van der Waals surface area contributed by atoms with Crippen molar-refractivity contribution < 1.29 is 9.47 Å². The van der Waals surface area contributed by atoms with E-state index in [1.165, 1.54) is 44.4 Å². The molecule has 0 aromatic rings. The van der Waals surface area contributed by atoms with E-state index in [0.29, 0.717) is 25.0 Å². The second-order valence-corrected chi connectivity index (χ2v) is 5.49. The molecule has 107 valence electrons. The van der Waals surface area contributed by atoms with Gasteiger partial charge in [0.25, 0.3) is 0 Å². The highest BCUT2D eigenvalue weighted by Gasteiger charge is 2.23. The van der Waals surface area contributed by atoms with Gasteiger partial charge in [-0.25, -0.2) is 0 Å². The number of hydrogen-bond acceptors (Lipinski definition) is 2. The number of alkyl halides is 2. The standard InChI is InChI=1S/C14H25Cl2O2/c15-9-11-17-14(18-12-10-16)13-7-5-3-1-2-4-6-8-13/h14H,1-12H2. The highest BCUT2D eigenvalue weighted by Crippen LogP contribution is 2.28. The summed E-state index contributed by atoms with van der Waals surface area (Å²) in [7, 11) is 0. The largest absolute Gasteiger partial charge is 0.351 e. The molecular weight excluding hydrogens is 271 g/mol. The molecular formula is C14H25Cl2O2. The van der Waals surface area contributed by atoms with Crippen molar-refractivity contribution in [1.29, 1.82) is 0 Å². The average molecular weight is 296 g/mol. The molecule has 0 aromatic heterocycles. The first-order chi connectivity index (χ1) is 8.88. The van der Waals surface area contributed by atoms with Gasteiger partial charge in [0, 0.05) is 17.7 Å². The molecule has 0 heterocycles. The van der Waals surface area contributed by atoms with E-state index in [1.807, 2.05) is 0 Å². The van der Waals surface area contributed by atoms with E-state index in [-0.39, 0.29) is 6.29 Å². The molecule has 1 rings (SSSR count). The molecule has 1 radical (unpaired) electrons. The molecule has 0 N–H and O–H groups in total. The summed E-state index contributed by atoms with van der Waals surface area (Å²) in [5.41, 5.74) is 0. The van der Waals surface area contributed by atoms with Crippen LogP contribution in [0.25, 0.3) is 0 Å². The molecule has 0 unspecified atom stereocenters. The fraction of sp³-hybridized carbons (Fsp3) is 0.929. The number of halogens is 2. The topological polar surface area (TPSA) is 18.5 Å². The molecule has 1 fully saturated rings. The zero-order valence-electron chi connectivity index (χ0n) is 11.1. The summed E-state index contributed by atoms with van der Waals surface area (Å²) in [5, 5.41) is 0. The predicted octanol–water partition coefficient (Wildman–Crippen LogP) is 4.53. The van der Waals surface area contributed by atoms with E-state index >= 15 is 0 Å². The lowest BCUT2D eigenvalue weighted by Crippen LogP contribution is -2.27. The van der Waals surface area contributed by atoms with Crippen LogP contribution in [-0.4, -0.2) is 31.3 Å². The Morgan fingerprint density at radius 1 is 0.778 bits per heavy atom. The number of ether oxygens (including phenoxy) is 2. The molecule has 2 nitrogen and oxygen atoms in total. The van der Waals surface area contributed by atoms with Gasteiger partial charge in [-0.15, -0.1) is 23.2 Å². The van der Waals surface area contributed by atoms with E-state index in [9.17, 15) is 0 Å². The normalized spacial score (nSPS) is 19.5. The van der Waals surface area contributed by atoms with Crippen molar-refractivity contribution in [3.63, 3.8) is 0 Å². The second kappa shape index (κ2) is 11.3. The first kappa shape index (κ1) is 16.6. The van der Waals surface area contributed by atoms with Gasteiger partial charge in [0.2, 0.25) is 0 Å². The van der Waals surface area contributed by atoms with Gasteiger partial charge in [-0.3, -0.25) is 0 Å². The summed E-state index contributed by atoms with van der Waals surface area (Å²) < 4.78 is 11.4. The zero-order valence-corrected chi connectivity index (χ0v) is 12.6. The summed E-state index contributed by atoms with van der Waals surface area (Å²) in [5.74, 6) is 2.41. The van der Waals surface area contributed by atoms with Crippen LogP contribution in [0.3, 0.4) is 0 Å². The molecule has 0 bridgehead atoms. The van der Waals surface area contributed by atoms with Gasteiger partial charge in [0.05, 0.1) is 13.2 Å². The third-order valence-electron chi connectivity index (χ3n) is 3.27. The Kier molecular flexibility index (Phi) is 10.4. The maximum absolute atomic E-state index is 5.72. The highest BCUT2D eigenvalue weighted by molar-refractivity contribution is 6.18. The summed E-state index contributed by atoms with van der Waals surface area (Å²) in [6.45, 7) is 1.08. The van der Waals surface area contributed by atoms with Crippen LogP contribution < -0.4 is 0 Å². The van der Waals surface area contributed by atoms with Crippen LogP contribution in [0.15, 0.2) is 0 Å². The minimum Gasteiger partial charge on any atom is -0.351 e. The Morgan fingerprint density at radius 3 is 1.67 bits per heavy atom. The third-order valence-corrected chi connectivity index (χ3v) is 3.58. The Bertz CT molecular complexity index is 173. The van der Waals surface area contributed by atoms with Gasteiger partial charge in [-0.1, -0.05) is 38.5 Å². The van der Waals surface area contributed by atoms with Crippen LogP contribution in [0.1, 0.15) is 51.4 Å². The summed E-state index contributed by atoms with van der Waals surface area (Å²) >= 11 is 11.4. The molecule has 4 heteroatoms. The minimum atomic E-state index is -0.194. The molecule has 18 heavy (non-hydrogen) atoms. The van der Waals surface area contributed by atoms with E-state index in [0.717, 1.165) is 12.8 Å². The van der Waals surface area contributed by atoms with E-state index in [4.69, 9.17) is 32.7 Å². The smallest absolute Gasteiger partial charge is 0.163 e. The van der Waals surface area contributed by atoms with Crippen molar-refractivity contribution in [2.24, 2.45) is 0 Å². The quantitative estimate of drug-likeness (QED) is 0.507. The lowest BCUT2D eigenvalue weighted by molar-refractivity contribution is -0.128. The molecule has 0 amide bonds. The van der Waals surface area contributed by atoms with Gasteiger partial charge in [0.1, 0.15) is 0 Å². The summed E-state index contributed by atoms with van der Waals surface area (Å²) in [6, 6.07) is 0. The van der Waals surface area contributed by atoms with Crippen molar-refractivity contribution in [2.45, 2.75) is 57.7 Å². The molecule has 0 aliphatic heterocycles. The second-order valence-electron chi connectivity index (χ2n) is 4.73. The van der Waals surface area contributed by atoms with Gasteiger partial charge in [-0.2, -0.15) is 0 Å². The Labute approximate surface area is 121 Å². The van der Waals surface area contributed by atoms with Crippen LogP contribution in [0, 0.1) is 5.92 Å². The van der Waals surface area contributed by atoms with Crippen molar-refractivity contribution in [2.75, 3.05) is 25.0 Å². The van der Waals surface area contributed by atoms with Crippen molar-refractivity contribution >= 4 is 23.2 Å². The molecule has 0 atom stereocenters. The van der Waals surface area contributed by atoms with Gasteiger partial charge < -0.3 is 9.47 Å². The fourth-order valence-electron chi connectivity index (χ4n) is 2.36. The average Bonchev–Trinajstić information content (AvgIpc) is 2.52. The van der Waals surface area contributed by atoms with E-state index in [1.54, 1.807) is 0 Å². The van der Waals surface area contributed by atoms with Crippen LogP contribution in [0.4, 0.5) is 0 Å². The SMILES string of the molecule is ClCCOC(OCCCl)[C]1CCCCCCCC1. The van der Waals surface area contributed by atoms with E-state index < -0.39 is 0 Å². The van der Waals surface area contributed by atoms with Crippen LogP contribution >= 0.6 is 23.2 Å². The Morgan fingerprint density at radius 2 is 1.22 bits per heavy atom. The highest BCUT2D eigenvalue weighted by atomic mass is 35.5. The Hall–Kier alpha value is 0.500. The van der Waals surface area contributed by atoms with Crippen molar-refractivity contribution in [3.8, 4) is 0 Å². The maximum atomic E-state index is 5.72. The fourth-order valence-corrected chi connectivity index (χ4v) is 2.54. The first-order valence-corrected chi connectivity index (χ1v) is 8.15. The minimum absolute atomic E-state index is 0.194. The first-order valence-electron chi connectivity index (χ1n) is 7.08. The van der Waals surface area contributed by atoms with Gasteiger partial charge in [-0.05, 0) is 12.8 Å². The third kappa shape index (κ3) is 7.18. The van der Waals surface area contributed by atoms with Crippen LogP contribution in [-0.2, 0) is 9.47 Å². The van der Waals surface area contributed by atoms with Gasteiger partial charge >= 0.3 is 0 Å². The molecule has 1 aliphatic rings. The number of rotatable bonds is 7. The molecule has 0 aromatic carbocycles. The molecule has 0 spiro atoms. The van der Waals surface area contributed by atoms with Crippen molar-refractivity contribution in [3.05, 3.63) is 5.92 Å². The monoisotopic (exact) mass is 295 g/mol. The van der Waals surface area contributed by atoms with Gasteiger partial charge in [0.15, 0.2) is 6.29 Å². The molecule has 1 aliphatic carbocycles. The lowest BCUT2D eigenvalue weighted by atomic mass is 9.96. The molecule has 1 saturated carbocycles. The zero-order chi connectivity index (χ0) is 13.1. The van der Waals surface area contributed by atoms with Crippen molar-refractivity contribution in [1.82, 2.24) is 0 Å².